The molecule has 1 aliphatic rings. The lowest BCUT2D eigenvalue weighted by molar-refractivity contribution is 0.228. The molecule has 0 bridgehead atoms. The lowest BCUT2D eigenvalue weighted by Crippen LogP contribution is -2.34. The maximum absolute atomic E-state index is 13.5. The van der Waals surface area contributed by atoms with E-state index in [4.69, 9.17) is 11.6 Å². The zero-order chi connectivity index (χ0) is 13.7. The highest BCUT2D eigenvalue weighted by Crippen LogP contribution is 2.23. The molecule has 0 spiro atoms. The van der Waals surface area contributed by atoms with E-state index >= 15 is 0 Å². The molecule has 1 aliphatic carbocycles. The normalized spacial score (nSPS) is 19.1. The molecule has 2 rings (SSSR count). The van der Waals surface area contributed by atoms with Crippen molar-refractivity contribution in [2.24, 2.45) is 0 Å². The maximum Gasteiger partial charge on any atom is 0.142 e. The summed E-state index contributed by atoms with van der Waals surface area (Å²) in [6, 6.07) is 4.93. The number of hydrogen-bond donors (Lipinski definition) is 2. The summed E-state index contributed by atoms with van der Waals surface area (Å²) in [7, 11) is 0. The molecular weight excluding hydrogens is 265 g/mol. The minimum atomic E-state index is -0.430. The van der Waals surface area contributed by atoms with Gasteiger partial charge in [-0.2, -0.15) is 0 Å². The van der Waals surface area contributed by atoms with Crippen LogP contribution in [0.5, 0.6) is 0 Å². The maximum atomic E-state index is 13.5. The number of rotatable bonds is 4. The molecule has 0 saturated heterocycles. The summed E-state index contributed by atoms with van der Waals surface area (Å²) < 4.78 is 13.5. The Morgan fingerprint density at radius 2 is 1.95 bits per heavy atom. The third kappa shape index (κ3) is 4.16. The van der Waals surface area contributed by atoms with Gasteiger partial charge in [-0.15, -0.1) is 0 Å². The predicted molar refractivity (Wildman–Crippen MR) is 75.9 cm³/mol. The van der Waals surface area contributed by atoms with Crippen LogP contribution in [0.4, 0.5) is 4.39 Å². The average Bonchev–Trinajstić information content (AvgIpc) is 2.68. The van der Waals surface area contributed by atoms with Crippen LogP contribution in [0.15, 0.2) is 18.2 Å². The lowest BCUT2D eigenvalue weighted by atomic mass is 10.0. The van der Waals surface area contributed by atoms with Crippen LogP contribution in [0.25, 0.3) is 0 Å². The van der Waals surface area contributed by atoms with E-state index in [0.29, 0.717) is 6.04 Å². The summed E-state index contributed by atoms with van der Waals surface area (Å²) in [5.41, 5.74) is 0.758. The van der Waals surface area contributed by atoms with E-state index in [1.165, 1.54) is 31.7 Å². The fourth-order valence-corrected chi connectivity index (χ4v) is 2.83. The van der Waals surface area contributed by atoms with Gasteiger partial charge in [-0.3, -0.25) is 0 Å². The van der Waals surface area contributed by atoms with Gasteiger partial charge in [-0.05, 0) is 30.5 Å². The summed E-state index contributed by atoms with van der Waals surface area (Å²) in [5, 5.41) is 13.1. The fourth-order valence-electron chi connectivity index (χ4n) is 2.71. The third-order valence-electron chi connectivity index (χ3n) is 3.82. The van der Waals surface area contributed by atoms with E-state index in [9.17, 15) is 9.50 Å². The standard InChI is InChI=1S/C15H21ClFNO/c16-13-8-7-11(9-14(13)17)15(10-19)18-12-5-3-1-2-4-6-12/h7-9,12,15,18-19H,1-6,10H2. The van der Waals surface area contributed by atoms with Crippen LogP contribution in [0.1, 0.15) is 50.1 Å². The number of benzene rings is 1. The zero-order valence-corrected chi connectivity index (χ0v) is 11.8. The van der Waals surface area contributed by atoms with Gasteiger partial charge in [0.05, 0.1) is 17.7 Å². The van der Waals surface area contributed by atoms with Crippen molar-refractivity contribution in [1.29, 1.82) is 0 Å². The molecule has 1 aromatic carbocycles. The van der Waals surface area contributed by atoms with Gasteiger partial charge in [0.15, 0.2) is 0 Å². The van der Waals surface area contributed by atoms with Gasteiger partial charge in [-0.1, -0.05) is 43.4 Å². The van der Waals surface area contributed by atoms with Crippen LogP contribution < -0.4 is 5.32 Å². The van der Waals surface area contributed by atoms with E-state index in [1.54, 1.807) is 12.1 Å². The molecule has 1 aromatic rings. The molecule has 1 fully saturated rings. The highest BCUT2D eigenvalue weighted by molar-refractivity contribution is 6.30. The first kappa shape index (κ1) is 14.8. The van der Waals surface area contributed by atoms with Crippen molar-refractivity contribution in [3.63, 3.8) is 0 Å². The first-order valence-electron chi connectivity index (χ1n) is 7.02. The SMILES string of the molecule is OCC(NC1CCCCCC1)c1ccc(Cl)c(F)c1. The smallest absolute Gasteiger partial charge is 0.142 e. The minimum absolute atomic E-state index is 0.0302. The van der Waals surface area contributed by atoms with Crippen molar-refractivity contribution in [2.45, 2.75) is 50.6 Å². The van der Waals surface area contributed by atoms with Gasteiger partial charge in [0.25, 0.3) is 0 Å². The Hall–Kier alpha value is -0.640. The van der Waals surface area contributed by atoms with Crippen molar-refractivity contribution in [1.82, 2.24) is 5.32 Å². The van der Waals surface area contributed by atoms with E-state index in [2.05, 4.69) is 5.32 Å². The van der Waals surface area contributed by atoms with Crippen LogP contribution in [0, 0.1) is 5.82 Å². The number of aliphatic hydroxyl groups excluding tert-OH is 1. The Balaban J connectivity index is 2.03. The van der Waals surface area contributed by atoms with Crippen molar-refractivity contribution in [3.05, 3.63) is 34.6 Å². The van der Waals surface area contributed by atoms with Crippen LogP contribution in [-0.2, 0) is 0 Å². The molecular formula is C15H21ClFNO. The monoisotopic (exact) mass is 285 g/mol. The summed E-state index contributed by atoms with van der Waals surface area (Å²) >= 11 is 5.68. The van der Waals surface area contributed by atoms with Crippen molar-refractivity contribution >= 4 is 11.6 Å². The Kier molecular flexibility index (Phi) is 5.61. The van der Waals surface area contributed by atoms with Crippen LogP contribution in [0.3, 0.4) is 0 Å². The first-order valence-corrected chi connectivity index (χ1v) is 7.40. The van der Waals surface area contributed by atoms with Crippen LogP contribution in [0.2, 0.25) is 5.02 Å². The van der Waals surface area contributed by atoms with Gasteiger partial charge in [0, 0.05) is 6.04 Å². The third-order valence-corrected chi connectivity index (χ3v) is 4.13. The second kappa shape index (κ2) is 7.22. The summed E-state index contributed by atoms with van der Waals surface area (Å²) in [5.74, 6) is -0.430. The van der Waals surface area contributed by atoms with E-state index in [1.807, 2.05) is 0 Å². The fraction of sp³-hybridized carbons (Fsp3) is 0.600. The van der Waals surface area contributed by atoms with Crippen LogP contribution >= 0.6 is 11.6 Å². The van der Waals surface area contributed by atoms with Gasteiger partial charge >= 0.3 is 0 Å². The van der Waals surface area contributed by atoms with E-state index in [-0.39, 0.29) is 17.7 Å². The molecule has 0 heterocycles. The first-order chi connectivity index (χ1) is 9.20. The summed E-state index contributed by atoms with van der Waals surface area (Å²) in [6.45, 7) is -0.0302. The lowest BCUT2D eigenvalue weighted by Gasteiger charge is -2.24. The molecule has 0 amide bonds. The zero-order valence-electron chi connectivity index (χ0n) is 11.0. The Morgan fingerprint density at radius 1 is 1.26 bits per heavy atom. The van der Waals surface area contributed by atoms with Gasteiger partial charge < -0.3 is 10.4 Å². The second-order valence-corrected chi connectivity index (χ2v) is 5.67. The molecule has 4 heteroatoms. The van der Waals surface area contributed by atoms with E-state index in [0.717, 1.165) is 18.4 Å². The van der Waals surface area contributed by atoms with E-state index < -0.39 is 5.82 Å². The second-order valence-electron chi connectivity index (χ2n) is 5.26. The van der Waals surface area contributed by atoms with Gasteiger partial charge in [0.1, 0.15) is 5.82 Å². The summed E-state index contributed by atoms with van der Waals surface area (Å²) in [6.07, 6.45) is 7.30. The predicted octanol–water partition coefficient (Wildman–Crippen LogP) is 3.82. The Bertz CT molecular complexity index is 405. The van der Waals surface area contributed by atoms with Crippen molar-refractivity contribution < 1.29 is 9.50 Å². The Labute approximate surface area is 119 Å². The molecule has 19 heavy (non-hydrogen) atoms. The van der Waals surface area contributed by atoms with Gasteiger partial charge in [0.2, 0.25) is 0 Å². The average molecular weight is 286 g/mol. The number of nitrogens with one attached hydrogen (secondary N) is 1. The molecule has 1 atom stereocenters. The quantitative estimate of drug-likeness (QED) is 0.824. The molecule has 1 saturated carbocycles. The molecule has 2 nitrogen and oxygen atoms in total. The van der Waals surface area contributed by atoms with Crippen LogP contribution in [-0.4, -0.2) is 17.8 Å². The molecule has 2 N–H and O–H groups in total. The molecule has 1 unspecified atom stereocenters. The summed E-state index contributed by atoms with van der Waals surface area (Å²) in [4.78, 5) is 0. The van der Waals surface area contributed by atoms with Crippen molar-refractivity contribution in [2.75, 3.05) is 6.61 Å². The van der Waals surface area contributed by atoms with Crippen molar-refractivity contribution in [3.8, 4) is 0 Å². The molecule has 0 radical (unpaired) electrons. The number of aliphatic hydroxyl groups is 1. The Morgan fingerprint density at radius 3 is 2.53 bits per heavy atom. The van der Waals surface area contributed by atoms with Gasteiger partial charge in [-0.25, -0.2) is 4.39 Å². The highest BCUT2D eigenvalue weighted by Gasteiger charge is 2.18. The molecule has 106 valence electrons. The number of hydrogen-bond acceptors (Lipinski definition) is 2. The number of halogens is 2. The minimum Gasteiger partial charge on any atom is -0.394 e. The topological polar surface area (TPSA) is 32.3 Å². The highest BCUT2D eigenvalue weighted by atomic mass is 35.5. The molecule has 0 aliphatic heterocycles. The largest absolute Gasteiger partial charge is 0.394 e. The molecule has 0 aromatic heterocycles.